The molecule has 1 unspecified atom stereocenters. The fourth-order valence-corrected chi connectivity index (χ4v) is 2.59. The largest absolute Gasteiger partial charge is 0.465 e. The van der Waals surface area contributed by atoms with E-state index in [0.29, 0.717) is 6.61 Å². The number of carbonyl (C=O) groups excluding carboxylic acids is 2. The lowest BCUT2D eigenvalue weighted by Gasteiger charge is -2.12. The van der Waals surface area contributed by atoms with E-state index >= 15 is 0 Å². The van der Waals surface area contributed by atoms with Crippen LogP contribution >= 0.6 is 0 Å². The molecule has 2 aliphatic carbocycles. The Kier molecular flexibility index (Phi) is 0.953. The molecule has 0 aromatic heterocycles. The number of ether oxygens (including phenoxy) is 1. The molecular weight excluding hydrogens is 156 g/mol. The summed E-state index contributed by atoms with van der Waals surface area (Å²) in [6, 6.07) is 0. The summed E-state index contributed by atoms with van der Waals surface area (Å²) >= 11 is 0. The minimum Gasteiger partial charge on any atom is -0.465 e. The first-order valence-corrected chi connectivity index (χ1v) is 4.18. The van der Waals surface area contributed by atoms with Gasteiger partial charge < -0.3 is 4.74 Å². The van der Waals surface area contributed by atoms with Crippen molar-refractivity contribution in [3.8, 4) is 0 Å². The monoisotopic (exact) mass is 164 g/mol. The normalized spacial score (nSPS) is 48.3. The third kappa shape index (κ3) is 0.510. The van der Waals surface area contributed by atoms with Crippen molar-refractivity contribution in [3.05, 3.63) is 12.2 Å². The first-order chi connectivity index (χ1) is 5.79. The van der Waals surface area contributed by atoms with E-state index in [1.54, 1.807) is 0 Å². The van der Waals surface area contributed by atoms with E-state index in [1.165, 1.54) is 0 Å². The van der Waals surface area contributed by atoms with Crippen LogP contribution in [0.5, 0.6) is 0 Å². The van der Waals surface area contributed by atoms with E-state index in [-0.39, 0.29) is 35.4 Å². The van der Waals surface area contributed by atoms with Crippen molar-refractivity contribution < 1.29 is 14.3 Å². The molecule has 3 aliphatic rings. The summed E-state index contributed by atoms with van der Waals surface area (Å²) in [5, 5.41) is 0. The molecule has 0 aromatic rings. The number of cyclic esters (lactones) is 1. The van der Waals surface area contributed by atoms with E-state index in [4.69, 9.17) is 4.74 Å². The van der Waals surface area contributed by atoms with Crippen LogP contribution < -0.4 is 0 Å². The number of ketones is 1. The number of Topliss-reactive ketones (excluding diaryl/α,β-unsaturated/α-hetero) is 1. The van der Waals surface area contributed by atoms with Gasteiger partial charge in [0.1, 0.15) is 5.78 Å². The van der Waals surface area contributed by atoms with Crippen molar-refractivity contribution in [2.24, 2.45) is 23.7 Å². The van der Waals surface area contributed by atoms with Crippen LogP contribution in [0, 0.1) is 23.7 Å². The summed E-state index contributed by atoms with van der Waals surface area (Å²) in [4.78, 5) is 22.6. The molecule has 3 rings (SSSR count). The third-order valence-electron chi connectivity index (χ3n) is 3.18. The van der Waals surface area contributed by atoms with Gasteiger partial charge in [0.25, 0.3) is 0 Å². The molecule has 3 nitrogen and oxygen atoms in total. The molecule has 0 N–H and O–H groups in total. The maximum Gasteiger partial charge on any atom is 0.310 e. The summed E-state index contributed by atoms with van der Waals surface area (Å²) in [6.45, 7) is 0.445. The molecular formula is C9H8O3. The van der Waals surface area contributed by atoms with Crippen molar-refractivity contribution >= 4 is 11.8 Å². The molecule has 1 heterocycles. The third-order valence-corrected chi connectivity index (χ3v) is 3.18. The number of rotatable bonds is 0. The molecule has 0 amide bonds. The van der Waals surface area contributed by atoms with Gasteiger partial charge in [0.15, 0.2) is 0 Å². The number of hydrogen-bond acceptors (Lipinski definition) is 3. The van der Waals surface area contributed by atoms with E-state index in [9.17, 15) is 9.59 Å². The highest BCUT2D eigenvalue weighted by Crippen LogP contribution is 2.48. The van der Waals surface area contributed by atoms with Crippen LogP contribution in [0.15, 0.2) is 12.2 Å². The lowest BCUT2D eigenvalue weighted by Crippen LogP contribution is -2.20. The molecule has 2 bridgehead atoms. The van der Waals surface area contributed by atoms with E-state index in [0.717, 1.165) is 0 Å². The van der Waals surface area contributed by atoms with Gasteiger partial charge in [-0.25, -0.2) is 0 Å². The van der Waals surface area contributed by atoms with Gasteiger partial charge in [0.05, 0.1) is 18.4 Å². The van der Waals surface area contributed by atoms with Crippen LogP contribution in [0.25, 0.3) is 0 Å². The maximum absolute atomic E-state index is 11.5. The Balaban J connectivity index is 2.09. The van der Waals surface area contributed by atoms with Crippen LogP contribution in [0.1, 0.15) is 0 Å². The zero-order chi connectivity index (χ0) is 8.29. The van der Waals surface area contributed by atoms with Gasteiger partial charge in [-0.1, -0.05) is 12.2 Å². The molecule has 12 heavy (non-hydrogen) atoms. The molecule has 0 spiro atoms. The minimum absolute atomic E-state index is 0.0218. The first-order valence-electron chi connectivity index (χ1n) is 4.18. The van der Waals surface area contributed by atoms with Gasteiger partial charge >= 0.3 is 5.97 Å². The molecule has 0 radical (unpaired) electrons. The Labute approximate surface area is 69.4 Å². The fourth-order valence-electron chi connectivity index (χ4n) is 2.59. The maximum atomic E-state index is 11.5. The topological polar surface area (TPSA) is 43.4 Å². The molecule has 62 valence electrons. The predicted octanol–water partition coefficient (Wildman–Crippen LogP) is 0.161. The summed E-state index contributed by atoms with van der Waals surface area (Å²) in [5.41, 5.74) is 0. The second-order valence-electron chi connectivity index (χ2n) is 3.66. The second kappa shape index (κ2) is 1.79. The van der Waals surface area contributed by atoms with E-state index < -0.39 is 0 Å². The van der Waals surface area contributed by atoms with E-state index in [2.05, 4.69) is 0 Å². The number of hydrogen-bond donors (Lipinski definition) is 0. The SMILES string of the molecule is O=C1OC[C@H]2C1[C@H]1C=C[C@@H]2C1=O. The van der Waals surface area contributed by atoms with Crippen LogP contribution in [0.2, 0.25) is 0 Å². The summed E-state index contributed by atoms with van der Waals surface area (Å²) < 4.78 is 4.92. The average molecular weight is 164 g/mol. The van der Waals surface area contributed by atoms with Crippen molar-refractivity contribution in [2.75, 3.05) is 6.61 Å². The smallest absolute Gasteiger partial charge is 0.310 e. The van der Waals surface area contributed by atoms with Gasteiger partial charge in [-0.15, -0.1) is 0 Å². The highest BCUT2D eigenvalue weighted by molar-refractivity contribution is 5.98. The lowest BCUT2D eigenvalue weighted by atomic mass is 9.86. The zero-order valence-corrected chi connectivity index (χ0v) is 6.40. The standard InChI is InChI=1S/C9H8O3/c10-8-4-1-2-5(8)7-6(4)3-12-9(7)11/h1-2,4-7H,3H2/t4-,5+,6+,7?/m0/s1. The van der Waals surface area contributed by atoms with Crippen molar-refractivity contribution in [1.82, 2.24) is 0 Å². The Bertz CT molecular complexity index is 305. The van der Waals surface area contributed by atoms with Crippen LogP contribution in [-0.4, -0.2) is 18.4 Å². The summed E-state index contributed by atoms with van der Waals surface area (Å²) in [5.74, 6) is -0.124. The molecule has 1 saturated carbocycles. The number of esters is 1. The number of fused-ring (bicyclic) bond motifs is 5. The highest BCUT2D eigenvalue weighted by Gasteiger charge is 2.58. The van der Waals surface area contributed by atoms with Gasteiger partial charge in [0, 0.05) is 11.8 Å². The van der Waals surface area contributed by atoms with Crippen LogP contribution in [0.4, 0.5) is 0 Å². The quantitative estimate of drug-likeness (QED) is 0.378. The number of allylic oxidation sites excluding steroid dienone is 2. The molecule has 1 aliphatic heterocycles. The predicted molar refractivity (Wildman–Crippen MR) is 39.1 cm³/mol. The Morgan fingerprint density at radius 3 is 2.75 bits per heavy atom. The lowest BCUT2D eigenvalue weighted by molar-refractivity contribution is -0.143. The second-order valence-corrected chi connectivity index (χ2v) is 3.66. The van der Waals surface area contributed by atoms with Crippen molar-refractivity contribution in [2.45, 2.75) is 0 Å². The molecule has 1 saturated heterocycles. The highest BCUT2D eigenvalue weighted by atomic mass is 16.5. The van der Waals surface area contributed by atoms with Crippen molar-refractivity contribution in [3.63, 3.8) is 0 Å². The summed E-state index contributed by atoms with van der Waals surface area (Å²) in [6.07, 6.45) is 3.79. The number of carbonyl (C=O) groups is 2. The van der Waals surface area contributed by atoms with Crippen LogP contribution in [-0.2, 0) is 14.3 Å². The van der Waals surface area contributed by atoms with Crippen molar-refractivity contribution in [1.29, 1.82) is 0 Å². The molecule has 3 heteroatoms. The average Bonchev–Trinajstić information content (AvgIpc) is 2.66. The molecule has 2 fully saturated rings. The van der Waals surface area contributed by atoms with Gasteiger partial charge in [-0.2, -0.15) is 0 Å². The Hall–Kier alpha value is -1.12. The summed E-state index contributed by atoms with van der Waals surface area (Å²) in [7, 11) is 0. The van der Waals surface area contributed by atoms with Crippen LogP contribution in [0.3, 0.4) is 0 Å². The molecule has 4 atom stereocenters. The van der Waals surface area contributed by atoms with E-state index in [1.807, 2.05) is 12.2 Å². The Morgan fingerprint density at radius 1 is 1.25 bits per heavy atom. The minimum atomic E-state index is -0.176. The van der Waals surface area contributed by atoms with Gasteiger partial charge in [0.2, 0.25) is 0 Å². The molecule has 0 aromatic carbocycles. The van der Waals surface area contributed by atoms with Gasteiger partial charge in [-0.3, -0.25) is 9.59 Å². The Morgan fingerprint density at radius 2 is 2.00 bits per heavy atom. The van der Waals surface area contributed by atoms with Gasteiger partial charge in [-0.05, 0) is 0 Å². The zero-order valence-electron chi connectivity index (χ0n) is 6.40. The fraction of sp³-hybridized carbons (Fsp3) is 0.556. The first kappa shape index (κ1) is 6.40.